The fourth-order valence-corrected chi connectivity index (χ4v) is 1.72. The summed E-state index contributed by atoms with van der Waals surface area (Å²) < 4.78 is 5.31. The minimum Gasteiger partial charge on any atom is -0.492 e. The summed E-state index contributed by atoms with van der Waals surface area (Å²) in [5.41, 5.74) is 6.61. The number of benzene rings is 1. The maximum Gasteiger partial charge on any atom is 0.251 e. The molecule has 1 rings (SSSR count). The number of carbonyl (C=O) groups excluding carboxylic acids is 2. The molecule has 0 aromatic heterocycles. The van der Waals surface area contributed by atoms with Crippen molar-refractivity contribution in [3.8, 4) is 5.75 Å². The first kappa shape index (κ1) is 16.8. The second-order valence-electron chi connectivity index (χ2n) is 4.67. The Hall–Kier alpha value is -2.24. The van der Waals surface area contributed by atoms with E-state index >= 15 is 0 Å². The maximum absolute atomic E-state index is 12.1. The van der Waals surface area contributed by atoms with Crippen molar-refractivity contribution >= 4 is 17.5 Å². The quantitative estimate of drug-likeness (QED) is 0.661. The molecule has 0 fully saturated rings. The summed E-state index contributed by atoms with van der Waals surface area (Å²) in [5, 5.41) is 5.36. The minimum absolute atomic E-state index is 0.205. The van der Waals surface area contributed by atoms with E-state index < -0.39 is 6.04 Å². The van der Waals surface area contributed by atoms with Crippen molar-refractivity contribution in [2.45, 2.75) is 33.2 Å². The van der Waals surface area contributed by atoms with E-state index in [1.54, 1.807) is 19.1 Å². The van der Waals surface area contributed by atoms with Crippen LogP contribution in [0.2, 0.25) is 0 Å². The number of carbonyl (C=O) groups is 2. The van der Waals surface area contributed by atoms with Crippen LogP contribution in [-0.2, 0) is 4.79 Å². The van der Waals surface area contributed by atoms with Gasteiger partial charge in [-0.2, -0.15) is 0 Å². The fourth-order valence-electron chi connectivity index (χ4n) is 1.72. The third-order valence-corrected chi connectivity index (χ3v) is 2.86. The number of nitrogen functional groups attached to an aromatic ring is 1. The van der Waals surface area contributed by atoms with Gasteiger partial charge < -0.3 is 21.1 Å². The van der Waals surface area contributed by atoms with Gasteiger partial charge in [0.05, 0.1) is 12.3 Å². The molecule has 4 N–H and O–H groups in total. The number of rotatable bonds is 7. The zero-order chi connectivity index (χ0) is 15.8. The van der Waals surface area contributed by atoms with Crippen molar-refractivity contribution in [3.05, 3.63) is 23.8 Å². The lowest BCUT2D eigenvalue weighted by Gasteiger charge is -2.14. The molecule has 6 heteroatoms. The van der Waals surface area contributed by atoms with Crippen molar-refractivity contribution in [2.75, 3.05) is 18.9 Å². The Balaban J connectivity index is 2.67. The molecular weight excluding hydrogens is 270 g/mol. The standard InChI is InChI=1S/C15H23N3O3/c1-4-8-17-14(19)10(3)18-15(20)11-6-7-13(21-5-2)12(16)9-11/h6-7,9-10H,4-5,8,16H2,1-3H3,(H,17,19)(H,18,20). The molecule has 1 aromatic rings. The molecule has 1 atom stereocenters. The van der Waals surface area contributed by atoms with Gasteiger partial charge in [-0.15, -0.1) is 0 Å². The molecule has 0 aliphatic rings. The van der Waals surface area contributed by atoms with Crippen LogP contribution in [0.15, 0.2) is 18.2 Å². The van der Waals surface area contributed by atoms with Gasteiger partial charge >= 0.3 is 0 Å². The number of nitrogens with one attached hydrogen (secondary N) is 2. The lowest BCUT2D eigenvalue weighted by molar-refractivity contribution is -0.122. The Morgan fingerprint density at radius 3 is 2.62 bits per heavy atom. The van der Waals surface area contributed by atoms with Gasteiger partial charge in [0.2, 0.25) is 5.91 Å². The smallest absolute Gasteiger partial charge is 0.251 e. The van der Waals surface area contributed by atoms with Gasteiger partial charge in [0.1, 0.15) is 11.8 Å². The predicted molar refractivity (Wildman–Crippen MR) is 82.3 cm³/mol. The topological polar surface area (TPSA) is 93.5 Å². The van der Waals surface area contributed by atoms with E-state index in [1.807, 2.05) is 13.8 Å². The average molecular weight is 293 g/mol. The maximum atomic E-state index is 12.1. The molecule has 116 valence electrons. The Morgan fingerprint density at radius 2 is 2.05 bits per heavy atom. The second kappa shape index (κ2) is 8.14. The molecule has 1 unspecified atom stereocenters. The van der Waals surface area contributed by atoms with Gasteiger partial charge in [-0.1, -0.05) is 6.92 Å². The summed E-state index contributed by atoms with van der Waals surface area (Å²) in [6, 6.07) is 4.21. The van der Waals surface area contributed by atoms with Crippen LogP contribution in [0.1, 0.15) is 37.6 Å². The van der Waals surface area contributed by atoms with E-state index in [2.05, 4.69) is 10.6 Å². The lowest BCUT2D eigenvalue weighted by Crippen LogP contribution is -2.45. The Kier molecular flexibility index (Phi) is 6.52. The first-order valence-electron chi connectivity index (χ1n) is 7.10. The van der Waals surface area contributed by atoms with Crippen LogP contribution in [-0.4, -0.2) is 31.0 Å². The molecule has 21 heavy (non-hydrogen) atoms. The molecule has 1 aromatic carbocycles. The van der Waals surface area contributed by atoms with Gasteiger partial charge in [0.25, 0.3) is 5.91 Å². The van der Waals surface area contributed by atoms with Crippen LogP contribution in [0.5, 0.6) is 5.75 Å². The number of amides is 2. The van der Waals surface area contributed by atoms with Crippen LogP contribution in [0, 0.1) is 0 Å². The van der Waals surface area contributed by atoms with E-state index in [9.17, 15) is 9.59 Å². The number of ether oxygens (including phenoxy) is 1. The first-order valence-corrected chi connectivity index (χ1v) is 7.10. The molecular formula is C15H23N3O3. The molecule has 0 heterocycles. The summed E-state index contributed by atoms with van der Waals surface area (Å²) >= 11 is 0. The van der Waals surface area contributed by atoms with Gasteiger partial charge in [0, 0.05) is 12.1 Å². The summed E-state index contributed by atoms with van der Waals surface area (Å²) in [6.07, 6.45) is 0.849. The second-order valence-corrected chi connectivity index (χ2v) is 4.67. The number of hydrogen-bond acceptors (Lipinski definition) is 4. The third-order valence-electron chi connectivity index (χ3n) is 2.86. The van der Waals surface area contributed by atoms with Crippen LogP contribution >= 0.6 is 0 Å². The summed E-state index contributed by atoms with van der Waals surface area (Å²) in [6.45, 7) is 6.56. The van der Waals surface area contributed by atoms with E-state index in [4.69, 9.17) is 10.5 Å². The zero-order valence-electron chi connectivity index (χ0n) is 12.7. The van der Waals surface area contributed by atoms with Crippen LogP contribution in [0.4, 0.5) is 5.69 Å². The van der Waals surface area contributed by atoms with Crippen molar-refractivity contribution in [1.29, 1.82) is 0 Å². The first-order chi connectivity index (χ1) is 9.99. The molecule has 0 spiro atoms. The largest absolute Gasteiger partial charge is 0.492 e. The highest BCUT2D eigenvalue weighted by atomic mass is 16.5. The molecule has 6 nitrogen and oxygen atoms in total. The van der Waals surface area contributed by atoms with Crippen molar-refractivity contribution in [3.63, 3.8) is 0 Å². The highest BCUT2D eigenvalue weighted by molar-refractivity contribution is 5.98. The zero-order valence-corrected chi connectivity index (χ0v) is 12.7. The molecule has 0 bridgehead atoms. The fraction of sp³-hybridized carbons (Fsp3) is 0.467. The monoisotopic (exact) mass is 293 g/mol. The van der Waals surface area contributed by atoms with Gasteiger partial charge in [-0.3, -0.25) is 9.59 Å². The minimum atomic E-state index is -0.600. The SMILES string of the molecule is CCCNC(=O)C(C)NC(=O)c1ccc(OCC)c(N)c1. The Labute approximate surface area is 125 Å². The highest BCUT2D eigenvalue weighted by Gasteiger charge is 2.16. The Morgan fingerprint density at radius 1 is 1.33 bits per heavy atom. The summed E-state index contributed by atoms with van der Waals surface area (Å²) in [4.78, 5) is 23.8. The van der Waals surface area contributed by atoms with E-state index in [0.29, 0.717) is 30.2 Å². The van der Waals surface area contributed by atoms with Crippen molar-refractivity contribution < 1.29 is 14.3 Å². The molecule has 0 aliphatic heterocycles. The summed E-state index contributed by atoms with van der Waals surface area (Å²) in [7, 11) is 0. The van der Waals surface area contributed by atoms with Crippen molar-refractivity contribution in [1.82, 2.24) is 10.6 Å². The molecule has 0 aliphatic carbocycles. The number of nitrogens with two attached hydrogens (primary N) is 1. The van der Waals surface area contributed by atoms with E-state index in [1.165, 1.54) is 6.07 Å². The summed E-state index contributed by atoms with van der Waals surface area (Å²) in [5.74, 6) is -0.00390. The van der Waals surface area contributed by atoms with Gasteiger partial charge in [-0.05, 0) is 38.5 Å². The number of anilines is 1. The van der Waals surface area contributed by atoms with Crippen molar-refractivity contribution in [2.24, 2.45) is 0 Å². The van der Waals surface area contributed by atoms with Crippen LogP contribution < -0.4 is 21.1 Å². The van der Waals surface area contributed by atoms with Gasteiger partial charge in [0.15, 0.2) is 0 Å². The van der Waals surface area contributed by atoms with Gasteiger partial charge in [-0.25, -0.2) is 0 Å². The van der Waals surface area contributed by atoms with Crippen LogP contribution in [0.3, 0.4) is 0 Å². The molecule has 0 saturated heterocycles. The lowest BCUT2D eigenvalue weighted by atomic mass is 10.1. The normalized spacial score (nSPS) is 11.6. The third kappa shape index (κ3) is 4.98. The van der Waals surface area contributed by atoms with E-state index in [-0.39, 0.29) is 11.8 Å². The van der Waals surface area contributed by atoms with E-state index in [0.717, 1.165) is 6.42 Å². The predicted octanol–water partition coefficient (Wildman–Crippen LogP) is 1.31. The molecule has 0 saturated carbocycles. The average Bonchev–Trinajstić information content (AvgIpc) is 2.46. The number of hydrogen-bond donors (Lipinski definition) is 3. The van der Waals surface area contributed by atoms with Crippen LogP contribution in [0.25, 0.3) is 0 Å². The highest BCUT2D eigenvalue weighted by Crippen LogP contribution is 2.22. The Bertz CT molecular complexity index is 503. The molecule has 0 radical (unpaired) electrons. The molecule has 2 amide bonds.